The van der Waals surface area contributed by atoms with Gasteiger partial charge in [-0.15, -0.1) is 0 Å². The van der Waals surface area contributed by atoms with Gasteiger partial charge in [-0.2, -0.15) is 9.97 Å². The van der Waals surface area contributed by atoms with Gasteiger partial charge in [0, 0.05) is 0 Å². The Kier molecular flexibility index (Phi) is 4.24. The van der Waals surface area contributed by atoms with E-state index in [0.717, 1.165) is 0 Å². The van der Waals surface area contributed by atoms with Gasteiger partial charge in [0.1, 0.15) is 24.9 Å². The lowest BCUT2D eigenvalue weighted by Crippen LogP contribution is -2.33. The van der Waals surface area contributed by atoms with Crippen LogP contribution in [0.25, 0.3) is 11.2 Å². The number of nitrogens with zero attached hydrogens (tertiary/aromatic N) is 3. The quantitative estimate of drug-likeness (QED) is 0.382. The Morgan fingerprint density at radius 3 is 2.79 bits per heavy atom. The third kappa shape index (κ3) is 2.53. The normalized spacial score (nSPS) is 26.8. The third-order valence-electron chi connectivity index (χ3n) is 3.64. The van der Waals surface area contributed by atoms with Crippen LogP contribution in [0.15, 0.2) is 17.4 Å². The van der Waals surface area contributed by atoms with Crippen LogP contribution in [0.3, 0.4) is 0 Å². The molecule has 3 rings (SSSR count). The summed E-state index contributed by atoms with van der Waals surface area (Å²) in [5.74, 6) is -0.157. The molecular formula is C13H17N5O6. The Balaban J connectivity index is 2.17. The minimum absolute atomic E-state index is 0.0187. The van der Waals surface area contributed by atoms with Crippen LogP contribution in [0.5, 0.6) is 6.01 Å². The van der Waals surface area contributed by atoms with Crippen LogP contribution >= 0.6 is 0 Å². The van der Waals surface area contributed by atoms with Gasteiger partial charge in [-0.25, -0.2) is 4.57 Å². The van der Waals surface area contributed by atoms with Gasteiger partial charge >= 0.3 is 6.01 Å². The lowest BCUT2D eigenvalue weighted by atomic mass is 10.1. The number of nitrogen functional groups attached to an aromatic ring is 1. The fraction of sp³-hybridized carbons (Fsp3) is 0.462. The molecule has 0 saturated carbocycles. The lowest BCUT2D eigenvalue weighted by molar-refractivity contribution is -0.0540. The Morgan fingerprint density at radius 1 is 1.42 bits per heavy atom. The van der Waals surface area contributed by atoms with Crippen LogP contribution in [0.4, 0.5) is 5.95 Å². The van der Waals surface area contributed by atoms with Crippen molar-refractivity contribution in [3.05, 3.63) is 23.0 Å². The number of hydrogen-bond acceptors (Lipinski definition) is 9. The number of H-pyrrole nitrogens is 1. The summed E-state index contributed by atoms with van der Waals surface area (Å²) in [7, 11) is 0. The maximum absolute atomic E-state index is 12.0. The van der Waals surface area contributed by atoms with E-state index in [2.05, 4.69) is 21.5 Å². The highest BCUT2D eigenvalue weighted by atomic mass is 16.6. The van der Waals surface area contributed by atoms with Gasteiger partial charge in [-0.05, 0) is 0 Å². The number of aliphatic hydroxyl groups excluding tert-OH is 3. The molecule has 4 atom stereocenters. The Morgan fingerprint density at radius 2 is 2.17 bits per heavy atom. The van der Waals surface area contributed by atoms with Crippen LogP contribution in [0.2, 0.25) is 0 Å². The molecule has 0 bridgehead atoms. The van der Waals surface area contributed by atoms with Gasteiger partial charge in [-0.3, -0.25) is 9.78 Å². The minimum atomic E-state index is -1.40. The molecule has 2 unspecified atom stereocenters. The van der Waals surface area contributed by atoms with Crippen molar-refractivity contribution < 1.29 is 24.8 Å². The molecule has 1 fully saturated rings. The zero-order valence-corrected chi connectivity index (χ0v) is 12.5. The molecule has 0 spiro atoms. The summed E-state index contributed by atoms with van der Waals surface area (Å²) < 4.78 is 12.1. The van der Waals surface area contributed by atoms with E-state index in [1.165, 1.54) is 10.6 Å². The molecule has 11 heteroatoms. The number of aromatic nitrogens is 4. The molecule has 1 saturated heterocycles. The highest BCUT2D eigenvalue weighted by Gasteiger charge is 2.45. The highest BCUT2D eigenvalue weighted by molar-refractivity contribution is 5.72. The second-order valence-corrected chi connectivity index (χ2v) is 5.22. The average molecular weight is 339 g/mol. The summed E-state index contributed by atoms with van der Waals surface area (Å²) in [4.78, 5) is 22.4. The van der Waals surface area contributed by atoms with Crippen molar-refractivity contribution in [2.45, 2.75) is 24.5 Å². The van der Waals surface area contributed by atoms with Gasteiger partial charge in [-0.1, -0.05) is 12.7 Å². The van der Waals surface area contributed by atoms with Crippen molar-refractivity contribution in [3.63, 3.8) is 0 Å². The van der Waals surface area contributed by atoms with E-state index >= 15 is 0 Å². The largest absolute Gasteiger partial charge is 0.460 e. The molecule has 6 N–H and O–H groups in total. The number of fused-ring (bicyclic) bond motifs is 1. The number of aromatic amines is 1. The van der Waals surface area contributed by atoms with Crippen molar-refractivity contribution in [1.29, 1.82) is 0 Å². The molecule has 130 valence electrons. The van der Waals surface area contributed by atoms with Crippen molar-refractivity contribution in [2.24, 2.45) is 0 Å². The first-order chi connectivity index (χ1) is 11.5. The summed E-state index contributed by atoms with van der Waals surface area (Å²) in [5, 5.41) is 29.4. The van der Waals surface area contributed by atoms with Crippen LogP contribution in [-0.4, -0.2) is 66.4 Å². The Bertz CT molecular complexity index is 817. The standard InChI is InChI=1S/C13H17N5O6/c1-2-3-23-13-15-6-9(16-12(14)17-10(6)22)18(13)11-8(21)7(20)5(4-19)24-11/h2,5,7-8,11,19-21H,1,3-4H2,(H3,14,16,17,22)/t5-,7?,8?,11-/m0/s1. The third-order valence-corrected chi connectivity index (χ3v) is 3.64. The SMILES string of the molecule is C=CCOc1nc2c(=O)[nH]c(N)nc2n1[C@H]1O[C@@H](CO)C(O)C1O. The predicted octanol–water partition coefficient (Wildman–Crippen LogP) is -2.12. The molecule has 0 aromatic carbocycles. The molecule has 1 aliphatic heterocycles. The maximum Gasteiger partial charge on any atom is 0.301 e. The fourth-order valence-corrected chi connectivity index (χ4v) is 2.54. The lowest BCUT2D eigenvalue weighted by Gasteiger charge is -2.18. The first-order valence-electron chi connectivity index (χ1n) is 7.11. The summed E-state index contributed by atoms with van der Waals surface area (Å²) in [6, 6.07) is -0.0664. The number of nitrogens with one attached hydrogen (secondary N) is 1. The molecule has 11 nitrogen and oxygen atoms in total. The molecule has 0 radical (unpaired) electrons. The Labute approximate surface area is 135 Å². The maximum atomic E-state index is 12.0. The number of imidazole rings is 1. The smallest absolute Gasteiger partial charge is 0.301 e. The number of nitrogens with two attached hydrogens (primary N) is 1. The molecule has 0 aliphatic carbocycles. The van der Waals surface area contributed by atoms with E-state index in [1.54, 1.807) is 0 Å². The topological polar surface area (TPSA) is 169 Å². The van der Waals surface area contributed by atoms with Crippen LogP contribution in [0.1, 0.15) is 6.23 Å². The molecule has 3 heterocycles. The van der Waals surface area contributed by atoms with E-state index in [0.29, 0.717) is 0 Å². The summed E-state index contributed by atoms with van der Waals surface area (Å²) in [6.07, 6.45) is -3.44. The van der Waals surface area contributed by atoms with E-state index in [4.69, 9.17) is 15.2 Å². The average Bonchev–Trinajstić information content (AvgIpc) is 3.04. The summed E-state index contributed by atoms with van der Waals surface area (Å²) >= 11 is 0. The van der Waals surface area contributed by atoms with Gasteiger partial charge < -0.3 is 30.5 Å². The van der Waals surface area contributed by atoms with E-state index in [1.807, 2.05) is 0 Å². The summed E-state index contributed by atoms with van der Waals surface area (Å²) in [5.41, 5.74) is 4.92. The molecule has 1 aliphatic rings. The second kappa shape index (κ2) is 6.20. The van der Waals surface area contributed by atoms with E-state index in [9.17, 15) is 20.1 Å². The zero-order valence-electron chi connectivity index (χ0n) is 12.5. The monoisotopic (exact) mass is 339 g/mol. The summed E-state index contributed by atoms with van der Waals surface area (Å²) in [6.45, 7) is 3.10. The van der Waals surface area contributed by atoms with Crippen molar-refractivity contribution in [3.8, 4) is 6.01 Å². The van der Waals surface area contributed by atoms with Crippen LogP contribution in [0, 0.1) is 0 Å². The van der Waals surface area contributed by atoms with Crippen molar-refractivity contribution in [2.75, 3.05) is 18.9 Å². The zero-order chi connectivity index (χ0) is 17.4. The second-order valence-electron chi connectivity index (χ2n) is 5.22. The van der Waals surface area contributed by atoms with Crippen LogP contribution < -0.4 is 16.0 Å². The van der Waals surface area contributed by atoms with Crippen molar-refractivity contribution in [1.82, 2.24) is 19.5 Å². The van der Waals surface area contributed by atoms with E-state index in [-0.39, 0.29) is 29.7 Å². The first kappa shape index (κ1) is 16.4. The number of anilines is 1. The molecule has 24 heavy (non-hydrogen) atoms. The number of hydrogen-bond donors (Lipinski definition) is 5. The predicted molar refractivity (Wildman–Crippen MR) is 81.3 cm³/mol. The molecule has 2 aromatic heterocycles. The number of aliphatic hydroxyl groups is 3. The number of rotatable bonds is 5. The fourth-order valence-electron chi connectivity index (χ4n) is 2.54. The van der Waals surface area contributed by atoms with Gasteiger partial charge in [0.25, 0.3) is 5.56 Å². The van der Waals surface area contributed by atoms with Crippen LogP contribution in [-0.2, 0) is 4.74 Å². The first-order valence-corrected chi connectivity index (χ1v) is 7.11. The molecular weight excluding hydrogens is 322 g/mol. The van der Waals surface area contributed by atoms with Gasteiger partial charge in [0.2, 0.25) is 5.95 Å². The molecule has 0 amide bonds. The van der Waals surface area contributed by atoms with Gasteiger partial charge in [0.15, 0.2) is 17.4 Å². The number of ether oxygens (including phenoxy) is 2. The highest BCUT2D eigenvalue weighted by Crippen LogP contribution is 2.34. The van der Waals surface area contributed by atoms with Crippen molar-refractivity contribution >= 4 is 17.1 Å². The Hall–Kier alpha value is -2.47. The van der Waals surface area contributed by atoms with E-state index < -0.39 is 36.7 Å². The van der Waals surface area contributed by atoms with Gasteiger partial charge in [0.05, 0.1) is 6.61 Å². The molecule has 2 aromatic rings. The minimum Gasteiger partial charge on any atom is -0.460 e.